The van der Waals surface area contributed by atoms with Gasteiger partial charge in [0.05, 0.1) is 0 Å². The quantitative estimate of drug-likeness (QED) is 0.693. The van der Waals surface area contributed by atoms with Crippen molar-refractivity contribution in [3.63, 3.8) is 0 Å². The standard InChI is InChI=1S/C18H31NS/c1-5-16(17-10-7-13-20-17)19-15-9-6-8-14(11-12-15)18(2,3)4/h7,10,13-16,19H,5-6,8-9,11-12H2,1-4H3. The highest BCUT2D eigenvalue weighted by Gasteiger charge is 2.28. The van der Waals surface area contributed by atoms with E-state index in [4.69, 9.17) is 0 Å². The molecule has 0 spiro atoms. The second-order valence-electron chi connectivity index (χ2n) is 7.41. The van der Waals surface area contributed by atoms with Gasteiger partial charge in [0.25, 0.3) is 0 Å². The third-order valence-electron chi connectivity index (χ3n) is 4.93. The Labute approximate surface area is 129 Å². The highest BCUT2D eigenvalue weighted by Crippen LogP contribution is 2.37. The predicted molar refractivity (Wildman–Crippen MR) is 90.3 cm³/mol. The summed E-state index contributed by atoms with van der Waals surface area (Å²) in [4.78, 5) is 1.50. The number of hydrogen-bond donors (Lipinski definition) is 1. The zero-order chi connectivity index (χ0) is 14.6. The second-order valence-corrected chi connectivity index (χ2v) is 8.39. The number of rotatable bonds is 4. The van der Waals surface area contributed by atoms with E-state index in [1.165, 1.54) is 43.4 Å². The minimum absolute atomic E-state index is 0.479. The van der Waals surface area contributed by atoms with E-state index >= 15 is 0 Å². The molecule has 0 aliphatic heterocycles. The van der Waals surface area contributed by atoms with Crippen LogP contribution in [0.1, 0.15) is 77.1 Å². The summed E-state index contributed by atoms with van der Waals surface area (Å²) in [5.41, 5.74) is 0.479. The Balaban J connectivity index is 1.90. The van der Waals surface area contributed by atoms with Crippen LogP contribution < -0.4 is 5.32 Å². The van der Waals surface area contributed by atoms with E-state index in [-0.39, 0.29) is 0 Å². The Morgan fingerprint density at radius 3 is 2.65 bits per heavy atom. The van der Waals surface area contributed by atoms with Crippen molar-refractivity contribution >= 4 is 11.3 Å². The average Bonchev–Trinajstić information content (AvgIpc) is 2.80. The molecule has 1 heterocycles. The van der Waals surface area contributed by atoms with E-state index in [2.05, 4.69) is 50.5 Å². The topological polar surface area (TPSA) is 12.0 Å². The van der Waals surface area contributed by atoms with Crippen LogP contribution in [0.3, 0.4) is 0 Å². The average molecular weight is 294 g/mol. The molecule has 0 aromatic carbocycles. The third-order valence-corrected chi connectivity index (χ3v) is 5.91. The maximum atomic E-state index is 3.93. The lowest BCUT2D eigenvalue weighted by Gasteiger charge is -2.30. The third kappa shape index (κ3) is 4.33. The first-order chi connectivity index (χ1) is 9.50. The molecule has 1 saturated carbocycles. The summed E-state index contributed by atoms with van der Waals surface area (Å²) in [6, 6.07) is 5.73. The Morgan fingerprint density at radius 1 is 1.25 bits per heavy atom. The van der Waals surface area contributed by atoms with Gasteiger partial charge in [0, 0.05) is 17.0 Å². The van der Waals surface area contributed by atoms with E-state index in [0.29, 0.717) is 11.5 Å². The van der Waals surface area contributed by atoms with Gasteiger partial charge in [-0.3, -0.25) is 0 Å². The van der Waals surface area contributed by atoms with E-state index in [9.17, 15) is 0 Å². The van der Waals surface area contributed by atoms with Gasteiger partial charge in [-0.05, 0) is 54.9 Å². The van der Waals surface area contributed by atoms with Crippen LogP contribution in [0.2, 0.25) is 0 Å². The Morgan fingerprint density at radius 2 is 2.05 bits per heavy atom. The van der Waals surface area contributed by atoms with Crippen LogP contribution in [-0.4, -0.2) is 6.04 Å². The first-order valence-corrected chi connectivity index (χ1v) is 9.18. The molecule has 3 unspecified atom stereocenters. The van der Waals surface area contributed by atoms with Gasteiger partial charge in [-0.1, -0.05) is 40.2 Å². The van der Waals surface area contributed by atoms with Gasteiger partial charge in [0.2, 0.25) is 0 Å². The monoisotopic (exact) mass is 293 g/mol. The molecular weight excluding hydrogens is 262 g/mol. The van der Waals surface area contributed by atoms with E-state index in [0.717, 1.165) is 12.0 Å². The Kier molecular flexibility index (Phi) is 5.68. The van der Waals surface area contributed by atoms with Crippen molar-refractivity contribution in [1.29, 1.82) is 0 Å². The molecule has 1 fully saturated rings. The molecule has 0 amide bonds. The van der Waals surface area contributed by atoms with Gasteiger partial charge >= 0.3 is 0 Å². The minimum atomic E-state index is 0.479. The fraction of sp³-hybridized carbons (Fsp3) is 0.778. The molecule has 1 aromatic rings. The van der Waals surface area contributed by atoms with Crippen LogP contribution in [-0.2, 0) is 0 Å². The minimum Gasteiger partial charge on any atom is -0.306 e. The second kappa shape index (κ2) is 7.09. The van der Waals surface area contributed by atoms with Gasteiger partial charge in [-0.15, -0.1) is 11.3 Å². The smallest absolute Gasteiger partial charge is 0.0414 e. The molecule has 1 nitrogen and oxygen atoms in total. The number of hydrogen-bond acceptors (Lipinski definition) is 2. The van der Waals surface area contributed by atoms with Gasteiger partial charge < -0.3 is 5.32 Å². The molecule has 0 saturated heterocycles. The highest BCUT2D eigenvalue weighted by atomic mass is 32.1. The fourth-order valence-electron chi connectivity index (χ4n) is 3.51. The van der Waals surface area contributed by atoms with Gasteiger partial charge in [0.1, 0.15) is 0 Å². The normalized spacial score (nSPS) is 26.2. The molecule has 1 aliphatic carbocycles. The molecule has 1 N–H and O–H groups in total. The SMILES string of the molecule is CCC(NC1CCCC(C(C)(C)C)CC1)c1cccs1. The molecule has 0 radical (unpaired) electrons. The lowest BCUT2D eigenvalue weighted by molar-refractivity contribution is 0.213. The van der Waals surface area contributed by atoms with Crippen molar-refractivity contribution in [3.05, 3.63) is 22.4 Å². The first kappa shape index (κ1) is 16.0. The molecule has 1 aromatic heterocycles. The maximum Gasteiger partial charge on any atom is 0.0414 e. The first-order valence-electron chi connectivity index (χ1n) is 8.30. The molecule has 20 heavy (non-hydrogen) atoms. The molecule has 1 aliphatic rings. The summed E-state index contributed by atoms with van der Waals surface area (Å²) in [6.07, 6.45) is 8.10. The van der Waals surface area contributed by atoms with Gasteiger partial charge in [-0.2, -0.15) is 0 Å². The summed E-state index contributed by atoms with van der Waals surface area (Å²) >= 11 is 1.89. The summed E-state index contributed by atoms with van der Waals surface area (Å²) in [6.45, 7) is 9.52. The molecule has 114 valence electrons. The zero-order valence-corrected chi connectivity index (χ0v) is 14.4. The summed E-state index contributed by atoms with van der Waals surface area (Å²) in [7, 11) is 0. The van der Waals surface area contributed by atoms with Crippen LogP contribution in [0.15, 0.2) is 17.5 Å². The zero-order valence-electron chi connectivity index (χ0n) is 13.6. The molecule has 3 atom stereocenters. The Hall–Kier alpha value is -0.340. The van der Waals surface area contributed by atoms with Crippen molar-refractivity contribution in [1.82, 2.24) is 5.32 Å². The van der Waals surface area contributed by atoms with E-state index < -0.39 is 0 Å². The van der Waals surface area contributed by atoms with Crippen molar-refractivity contribution in [3.8, 4) is 0 Å². The Bertz CT molecular complexity index is 377. The molecular formula is C18H31NS. The lowest BCUT2D eigenvalue weighted by atomic mass is 9.76. The molecule has 2 rings (SSSR count). The van der Waals surface area contributed by atoms with Crippen LogP contribution in [0.5, 0.6) is 0 Å². The number of nitrogens with one attached hydrogen (secondary N) is 1. The van der Waals surface area contributed by atoms with Crippen LogP contribution in [0.4, 0.5) is 0 Å². The summed E-state index contributed by atoms with van der Waals surface area (Å²) in [5.74, 6) is 0.899. The van der Waals surface area contributed by atoms with Gasteiger partial charge in [-0.25, -0.2) is 0 Å². The van der Waals surface area contributed by atoms with E-state index in [1.807, 2.05) is 11.3 Å². The van der Waals surface area contributed by atoms with E-state index in [1.54, 1.807) is 0 Å². The maximum absolute atomic E-state index is 3.93. The van der Waals surface area contributed by atoms with Crippen molar-refractivity contribution in [2.75, 3.05) is 0 Å². The van der Waals surface area contributed by atoms with Crippen molar-refractivity contribution < 1.29 is 0 Å². The van der Waals surface area contributed by atoms with Crippen LogP contribution in [0.25, 0.3) is 0 Å². The van der Waals surface area contributed by atoms with Crippen molar-refractivity contribution in [2.45, 2.75) is 78.3 Å². The van der Waals surface area contributed by atoms with Crippen LogP contribution >= 0.6 is 11.3 Å². The van der Waals surface area contributed by atoms with Gasteiger partial charge in [0.15, 0.2) is 0 Å². The fourth-order valence-corrected chi connectivity index (χ4v) is 4.38. The predicted octanol–water partition coefficient (Wildman–Crippen LogP) is 5.78. The molecule has 2 heteroatoms. The number of thiophene rings is 1. The largest absolute Gasteiger partial charge is 0.306 e. The van der Waals surface area contributed by atoms with Crippen LogP contribution in [0, 0.1) is 11.3 Å². The summed E-state index contributed by atoms with van der Waals surface area (Å²) in [5, 5.41) is 6.13. The molecule has 0 bridgehead atoms. The van der Waals surface area contributed by atoms with Crippen molar-refractivity contribution in [2.24, 2.45) is 11.3 Å². The summed E-state index contributed by atoms with van der Waals surface area (Å²) < 4.78 is 0. The lowest BCUT2D eigenvalue weighted by Crippen LogP contribution is -2.32. The highest BCUT2D eigenvalue weighted by molar-refractivity contribution is 7.10.